The summed E-state index contributed by atoms with van der Waals surface area (Å²) in [6.45, 7) is 12.5. The van der Waals surface area contributed by atoms with Crippen molar-refractivity contribution in [2.75, 3.05) is 58.9 Å². The lowest BCUT2D eigenvalue weighted by molar-refractivity contribution is -0.140. The lowest BCUT2D eigenvalue weighted by atomic mass is 9.83. The van der Waals surface area contributed by atoms with Gasteiger partial charge in [0.25, 0.3) is 0 Å². The fourth-order valence-electron chi connectivity index (χ4n) is 6.37. The fourth-order valence-corrected chi connectivity index (χ4v) is 6.37. The molecule has 2 N–H and O–H groups in total. The van der Waals surface area contributed by atoms with Gasteiger partial charge in [0, 0.05) is 52.4 Å². The quantitative estimate of drug-likeness (QED) is 0.503. The second-order valence-corrected chi connectivity index (χ2v) is 12.8. The molecule has 4 aliphatic rings. The molecule has 3 heterocycles. The third-order valence-corrected chi connectivity index (χ3v) is 8.56. The Morgan fingerprint density at radius 2 is 1.41 bits per heavy atom. The lowest BCUT2D eigenvalue weighted by Gasteiger charge is -2.39. The predicted molar refractivity (Wildman–Crippen MR) is 149 cm³/mol. The molecular formula is C29H51N5O5. The number of carbonyl (C=O) groups excluding carboxylic acids is 3. The number of amides is 3. The number of carbonyl (C=O) groups is 3. The summed E-state index contributed by atoms with van der Waals surface area (Å²) in [5.74, 6) is 0.422. The van der Waals surface area contributed by atoms with Gasteiger partial charge < -0.3 is 29.9 Å². The van der Waals surface area contributed by atoms with Gasteiger partial charge in [0.15, 0.2) is 0 Å². The summed E-state index contributed by atoms with van der Waals surface area (Å²) in [4.78, 5) is 44.9. The van der Waals surface area contributed by atoms with E-state index in [1.807, 2.05) is 30.6 Å². The van der Waals surface area contributed by atoms with Crippen molar-refractivity contribution in [3.63, 3.8) is 0 Å². The van der Waals surface area contributed by atoms with E-state index in [2.05, 4.69) is 15.5 Å². The third-order valence-electron chi connectivity index (χ3n) is 8.56. The first kappa shape index (κ1) is 30.1. The number of nitrogens with one attached hydrogen (secondary N) is 2. The minimum absolute atomic E-state index is 0.0219. The molecule has 0 spiro atoms. The maximum absolute atomic E-state index is 13.6. The van der Waals surface area contributed by atoms with Crippen molar-refractivity contribution in [1.29, 1.82) is 0 Å². The predicted octanol–water partition coefficient (Wildman–Crippen LogP) is 2.36. The average Bonchev–Trinajstić information content (AvgIpc) is 2.93. The summed E-state index contributed by atoms with van der Waals surface area (Å²) in [5, 5.41) is 6.23. The molecule has 3 amide bonds. The van der Waals surface area contributed by atoms with E-state index in [9.17, 15) is 14.4 Å². The first-order valence-corrected chi connectivity index (χ1v) is 15.3. The van der Waals surface area contributed by atoms with Gasteiger partial charge in [-0.25, -0.2) is 4.79 Å². The molecule has 3 aliphatic heterocycles. The zero-order valence-corrected chi connectivity index (χ0v) is 24.4. The molecule has 4 rings (SSSR count). The van der Waals surface area contributed by atoms with Crippen molar-refractivity contribution in [2.45, 2.75) is 102 Å². The number of piperidine rings is 2. The van der Waals surface area contributed by atoms with Crippen molar-refractivity contribution >= 4 is 17.9 Å². The Morgan fingerprint density at radius 1 is 0.821 bits per heavy atom. The number of likely N-dealkylation sites (tertiary alicyclic amines) is 2. The monoisotopic (exact) mass is 549 g/mol. The van der Waals surface area contributed by atoms with Crippen LogP contribution in [-0.2, 0) is 19.1 Å². The molecule has 1 saturated carbocycles. The zero-order chi connectivity index (χ0) is 27.8. The molecule has 222 valence electrons. The molecule has 3 saturated heterocycles. The summed E-state index contributed by atoms with van der Waals surface area (Å²) >= 11 is 0. The molecule has 0 radical (unpaired) electrons. The van der Waals surface area contributed by atoms with Gasteiger partial charge in [0.05, 0.1) is 18.8 Å². The van der Waals surface area contributed by atoms with Crippen LogP contribution in [0.15, 0.2) is 0 Å². The largest absolute Gasteiger partial charge is 0.444 e. The van der Waals surface area contributed by atoms with Gasteiger partial charge in [0.1, 0.15) is 11.6 Å². The number of nitrogens with zero attached hydrogens (tertiary/aromatic N) is 3. The van der Waals surface area contributed by atoms with Crippen molar-refractivity contribution in [3.8, 4) is 0 Å². The Bertz CT molecular complexity index is 805. The van der Waals surface area contributed by atoms with E-state index in [4.69, 9.17) is 9.47 Å². The van der Waals surface area contributed by atoms with E-state index < -0.39 is 17.7 Å². The Kier molecular flexibility index (Phi) is 10.9. The Hall–Kier alpha value is -1.91. The molecular weight excluding hydrogens is 498 g/mol. The number of piperazine rings is 1. The standard InChI is InChI=1S/C29H51N5O5/c1-29(2,3)39-28(37)31-26(22-7-5-4-6-8-22)27(36)34-17-11-24(12-18-34)38-23-9-15-32(16-10-23)21-25(35)33-19-13-30-14-20-33/h22-24,26,30H,4-21H2,1-3H3,(H,31,37)/t26-/m1/s1. The molecule has 0 bridgehead atoms. The highest BCUT2D eigenvalue weighted by molar-refractivity contribution is 5.86. The Labute approximate surface area is 234 Å². The minimum Gasteiger partial charge on any atom is -0.444 e. The number of ether oxygens (including phenoxy) is 2. The van der Waals surface area contributed by atoms with Crippen LogP contribution >= 0.6 is 0 Å². The van der Waals surface area contributed by atoms with Crippen LogP contribution in [0.3, 0.4) is 0 Å². The molecule has 39 heavy (non-hydrogen) atoms. The molecule has 10 heteroatoms. The topological polar surface area (TPSA) is 103 Å². The number of hydrogen-bond acceptors (Lipinski definition) is 7. The zero-order valence-electron chi connectivity index (χ0n) is 24.4. The molecule has 10 nitrogen and oxygen atoms in total. The molecule has 0 aromatic carbocycles. The second kappa shape index (κ2) is 14.1. The summed E-state index contributed by atoms with van der Waals surface area (Å²) in [6.07, 6.45) is 8.70. The van der Waals surface area contributed by atoms with Crippen molar-refractivity contribution in [2.24, 2.45) is 5.92 Å². The van der Waals surface area contributed by atoms with E-state index >= 15 is 0 Å². The summed E-state index contributed by atoms with van der Waals surface area (Å²) in [5.41, 5.74) is -0.601. The van der Waals surface area contributed by atoms with Gasteiger partial charge in [-0.2, -0.15) is 0 Å². The maximum Gasteiger partial charge on any atom is 0.408 e. The van der Waals surface area contributed by atoms with Gasteiger partial charge in [-0.15, -0.1) is 0 Å². The van der Waals surface area contributed by atoms with Crippen LogP contribution < -0.4 is 10.6 Å². The van der Waals surface area contributed by atoms with E-state index in [1.54, 1.807) is 0 Å². The highest BCUT2D eigenvalue weighted by Gasteiger charge is 2.37. The molecule has 0 aromatic rings. The van der Waals surface area contributed by atoms with Crippen LogP contribution in [-0.4, -0.2) is 115 Å². The minimum atomic E-state index is -0.601. The number of rotatable bonds is 7. The van der Waals surface area contributed by atoms with E-state index in [-0.39, 0.29) is 29.9 Å². The van der Waals surface area contributed by atoms with Gasteiger partial charge >= 0.3 is 6.09 Å². The highest BCUT2D eigenvalue weighted by Crippen LogP contribution is 2.29. The second-order valence-electron chi connectivity index (χ2n) is 12.8. The average molecular weight is 550 g/mol. The number of alkyl carbamates (subject to hydrolysis) is 1. The van der Waals surface area contributed by atoms with Gasteiger partial charge in [0.2, 0.25) is 11.8 Å². The van der Waals surface area contributed by atoms with Crippen LogP contribution in [0.1, 0.15) is 78.6 Å². The Morgan fingerprint density at radius 3 is 2.00 bits per heavy atom. The van der Waals surface area contributed by atoms with Crippen LogP contribution in [0.4, 0.5) is 4.79 Å². The summed E-state index contributed by atoms with van der Waals surface area (Å²) < 4.78 is 12.0. The van der Waals surface area contributed by atoms with Gasteiger partial charge in [-0.1, -0.05) is 19.3 Å². The lowest BCUT2D eigenvalue weighted by Crippen LogP contribution is -2.55. The smallest absolute Gasteiger partial charge is 0.408 e. The first-order chi connectivity index (χ1) is 18.7. The van der Waals surface area contributed by atoms with Gasteiger partial charge in [-0.05, 0) is 65.2 Å². The SMILES string of the molecule is CC(C)(C)OC(=O)N[C@@H](C(=O)N1CCC(OC2CCN(CC(=O)N3CCNCC3)CC2)CC1)C1CCCCC1. The molecule has 0 aromatic heterocycles. The van der Waals surface area contributed by atoms with Crippen LogP contribution in [0, 0.1) is 5.92 Å². The summed E-state index contributed by atoms with van der Waals surface area (Å²) in [7, 11) is 0. The molecule has 4 fully saturated rings. The van der Waals surface area contributed by atoms with Crippen LogP contribution in [0.2, 0.25) is 0 Å². The van der Waals surface area contributed by atoms with E-state index in [0.717, 1.165) is 90.6 Å². The summed E-state index contributed by atoms with van der Waals surface area (Å²) in [6, 6.07) is -0.522. The van der Waals surface area contributed by atoms with Crippen LogP contribution in [0.5, 0.6) is 0 Å². The molecule has 0 unspecified atom stereocenters. The van der Waals surface area contributed by atoms with Crippen molar-refractivity contribution < 1.29 is 23.9 Å². The molecule has 1 aliphatic carbocycles. The normalized spacial score (nSPS) is 23.9. The van der Waals surface area contributed by atoms with Crippen molar-refractivity contribution in [3.05, 3.63) is 0 Å². The Balaban J connectivity index is 1.20. The van der Waals surface area contributed by atoms with Gasteiger partial charge in [-0.3, -0.25) is 14.5 Å². The maximum atomic E-state index is 13.6. The first-order valence-electron chi connectivity index (χ1n) is 15.3. The van der Waals surface area contributed by atoms with Crippen LogP contribution in [0.25, 0.3) is 0 Å². The highest BCUT2D eigenvalue weighted by atomic mass is 16.6. The fraction of sp³-hybridized carbons (Fsp3) is 0.897. The van der Waals surface area contributed by atoms with Crippen molar-refractivity contribution in [1.82, 2.24) is 25.3 Å². The third kappa shape index (κ3) is 9.32. The molecule has 1 atom stereocenters. The van der Waals surface area contributed by atoms with E-state index in [1.165, 1.54) is 6.42 Å². The van der Waals surface area contributed by atoms with E-state index in [0.29, 0.717) is 19.6 Å². The number of hydrogen-bond donors (Lipinski definition) is 2.